The van der Waals surface area contributed by atoms with Crippen molar-refractivity contribution in [2.75, 3.05) is 27.7 Å². The third-order valence-corrected chi connectivity index (χ3v) is 2.61. The van der Waals surface area contributed by atoms with E-state index in [-0.39, 0.29) is 0 Å². The number of nitrogens with zero attached hydrogens (tertiary/aromatic N) is 1. The number of hydrogen-bond donors (Lipinski definition) is 0. The zero-order chi connectivity index (χ0) is 15.2. The predicted octanol–water partition coefficient (Wildman–Crippen LogP) is 1.88. The number of alkyl halides is 4. The number of hydrogen-bond acceptors (Lipinski definition) is 3. The van der Waals surface area contributed by atoms with Gasteiger partial charge in [0.25, 0.3) is 0 Å². The van der Waals surface area contributed by atoms with Crippen molar-refractivity contribution >= 4 is 10.1 Å². The van der Waals surface area contributed by atoms with Crippen LogP contribution in [0.5, 0.6) is 0 Å². The van der Waals surface area contributed by atoms with Gasteiger partial charge in [0, 0.05) is 0 Å². The minimum Gasteiger partial charge on any atom is -0.743 e. The Hall–Kier alpha value is -0.410. The van der Waals surface area contributed by atoms with Crippen LogP contribution in [0.2, 0.25) is 0 Å². The second kappa shape index (κ2) is 7.25. The second-order valence-corrected chi connectivity index (χ2v) is 6.14. The summed E-state index contributed by atoms with van der Waals surface area (Å²) < 4.78 is 73.8. The highest BCUT2D eigenvalue weighted by Gasteiger charge is 2.48. The molecule has 112 valence electrons. The molecule has 0 radical (unpaired) electrons. The van der Waals surface area contributed by atoms with E-state index in [0.29, 0.717) is 0 Å². The summed E-state index contributed by atoms with van der Waals surface area (Å²) >= 11 is 0. The van der Waals surface area contributed by atoms with E-state index in [4.69, 9.17) is 0 Å². The number of quaternary nitrogens is 1. The standard InChI is InChI=1S/C7H18N.C2H2F4O3S/c1-5-6-7-8(2,3)4;3-1(4)2(5,6)10(7,8)9/h5-7H2,1-4H3;1H,(H,7,8,9)/q+1;/p-1. The maximum absolute atomic E-state index is 11.4. The zero-order valence-electron chi connectivity index (χ0n) is 10.8. The molecule has 0 aliphatic rings. The molecule has 0 atom stereocenters. The van der Waals surface area contributed by atoms with E-state index in [1.165, 1.54) is 19.4 Å². The SMILES string of the molecule is CCCC[N+](C)(C)C.O=S(=O)([O-])C(F)(F)C(F)F. The van der Waals surface area contributed by atoms with Crippen LogP contribution < -0.4 is 0 Å². The van der Waals surface area contributed by atoms with E-state index in [0.717, 1.165) is 4.48 Å². The van der Waals surface area contributed by atoms with Gasteiger partial charge in [-0.1, -0.05) is 13.3 Å². The minimum atomic E-state index is -6.23. The highest BCUT2D eigenvalue weighted by Crippen LogP contribution is 2.27. The first-order valence-corrected chi connectivity index (χ1v) is 6.58. The van der Waals surface area contributed by atoms with Gasteiger partial charge in [-0.3, -0.25) is 0 Å². The molecule has 0 aromatic heterocycles. The van der Waals surface area contributed by atoms with Gasteiger partial charge in [-0.05, 0) is 6.42 Å². The fraction of sp³-hybridized carbons (Fsp3) is 1.00. The molecule has 0 bridgehead atoms. The summed E-state index contributed by atoms with van der Waals surface area (Å²) in [4.78, 5) is 0. The lowest BCUT2D eigenvalue weighted by Gasteiger charge is -2.23. The van der Waals surface area contributed by atoms with Gasteiger partial charge in [-0.15, -0.1) is 0 Å². The largest absolute Gasteiger partial charge is 0.743 e. The Kier molecular flexibility index (Phi) is 8.02. The van der Waals surface area contributed by atoms with Gasteiger partial charge < -0.3 is 9.04 Å². The molecule has 0 spiro atoms. The van der Waals surface area contributed by atoms with Crippen LogP contribution in [-0.4, -0.2) is 56.8 Å². The van der Waals surface area contributed by atoms with E-state index in [1.54, 1.807) is 0 Å². The molecular weight excluding hydrogens is 278 g/mol. The van der Waals surface area contributed by atoms with E-state index < -0.39 is 21.8 Å². The molecule has 0 saturated heterocycles. The first kappa shape index (κ1) is 19.9. The monoisotopic (exact) mass is 297 g/mol. The average molecular weight is 297 g/mol. The lowest BCUT2D eigenvalue weighted by Crippen LogP contribution is -2.36. The number of halogens is 4. The Balaban J connectivity index is 0. The average Bonchev–Trinajstić information content (AvgIpc) is 2.12. The van der Waals surface area contributed by atoms with Crippen molar-refractivity contribution in [3.8, 4) is 0 Å². The van der Waals surface area contributed by atoms with Crippen molar-refractivity contribution in [2.24, 2.45) is 0 Å². The Morgan fingerprint density at radius 2 is 1.61 bits per heavy atom. The van der Waals surface area contributed by atoms with Gasteiger partial charge in [0.05, 0.1) is 27.7 Å². The maximum atomic E-state index is 11.4. The van der Waals surface area contributed by atoms with Crippen LogP contribution in [0.3, 0.4) is 0 Å². The number of unbranched alkanes of at least 4 members (excludes halogenated alkanes) is 1. The van der Waals surface area contributed by atoms with Crippen LogP contribution in [-0.2, 0) is 10.1 Å². The van der Waals surface area contributed by atoms with Gasteiger partial charge in [0.1, 0.15) is 0 Å². The van der Waals surface area contributed by atoms with E-state index >= 15 is 0 Å². The lowest BCUT2D eigenvalue weighted by molar-refractivity contribution is -0.870. The molecule has 0 aliphatic heterocycles. The molecular formula is C9H19F4NO3S. The van der Waals surface area contributed by atoms with Crippen LogP contribution in [0.25, 0.3) is 0 Å². The van der Waals surface area contributed by atoms with Crippen LogP contribution in [0, 0.1) is 0 Å². The van der Waals surface area contributed by atoms with Gasteiger partial charge >= 0.3 is 11.7 Å². The van der Waals surface area contributed by atoms with Crippen LogP contribution in [0.4, 0.5) is 17.6 Å². The molecule has 0 saturated carbocycles. The molecule has 0 fully saturated rings. The summed E-state index contributed by atoms with van der Waals surface area (Å²) in [6.45, 7) is 3.53. The van der Waals surface area contributed by atoms with E-state index in [9.17, 15) is 30.5 Å². The molecule has 0 N–H and O–H groups in total. The third kappa shape index (κ3) is 8.65. The maximum Gasteiger partial charge on any atom is 0.393 e. The van der Waals surface area contributed by atoms with Gasteiger partial charge in [-0.2, -0.15) is 8.78 Å². The summed E-state index contributed by atoms with van der Waals surface area (Å²) in [6, 6.07) is 0. The van der Waals surface area contributed by atoms with E-state index in [1.807, 2.05) is 0 Å². The van der Waals surface area contributed by atoms with Crippen molar-refractivity contribution in [3.63, 3.8) is 0 Å². The Morgan fingerprint density at radius 3 is 1.67 bits per heavy atom. The zero-order valence-corrected chi connectivity index (χ0v) is 11.6. The molecule has 0 aromatic carbocycles. The molecule has 18 heavy (non-hydrogen) atoms. The molecule has 4 nitrogen and oxygen atoms in total. The van der Waals surface area contributed by atoms with Crippen molar-refractivity contribution in [3.05, 3.63) is 0 Å². The lowest BCUT2D eigenvalue weighted by atomic mass is 10.3. The smallest absolute Gasteiger partial charge is 0.393 e. The molecule has 0 aliphatic carbocycles. The van der Waals surface area contributed by atoms with Crippen LogP contribution in [0.15, 0.2) is 0 Å². The van der Waals surface area contributed by atoms with Crippen molar-refractivity contribution in [2.45, 2.75) is 31.4 Å². The fourth-order valence-corrected chi connectivity index (χ4v) is 0.960. The second-order valence-electron chi connectivity index (χ2n) is 4.68. The third-order valence-electron chi connectivity index (χ3n) is 1.77. The summed E-state index contributed by atoms with van der Waals surface area (Å²) in [5.74, 6) is 0. The minimum absolute atomic E-state index is 1.10. The predicted molar refractivity (Wildman–Crippen MR) is 58.5 cm³/mol. The highest BCUT2D eigenvalue weighted by atomic mass is 32.2. The molecule has 0 aromatic rings. The molecule has 0 rings (SSSR count). The molecule has 0 heterocycles. The molecule has 0 amide bonds. The highest BCUT2D eigenvalue weighted by molar-refractivity contribution is 7.86. The topological polar surface area (TPSA) is 57.2 Å². The van der Waals surface area contributed by atoms with Crippen LogP contribution >= 0.6 is 0 Å². The summed E-state index contributed by atoms with van der Waals surface area (Å²) in [5, 5.41) is -5.48. The fourth-order valence-electron chi connectivity index (χ4n) is 0.742. The Morgan fingerprint density at radius 1 is 1.22 bits per heavy atom. The summed E-state index contributed by atoms with van der Waals surface area (Å²) in [7, 11) is 0.460. The first-order valence-electron chi connectivity index (χ1n) is 5.17. The Bertz CT molecular complexity index is 325. The van der Waals surface area contributed by atoms with E-state index in [2.05, 4.69) is 28.1 Å². The van der Waals surface area contributed by atoms with Crippen molar-refractivity contribution in [1.29, 1.82) is 0 Å². The summed E-state index contributed by atoms with van der Waals surface area (Å²) in [5.41, 5.74) is 0. The number of rotatable bonds is 5. The molecule has 9 heteroatoms. The van der Waals surface area contributed by atoms with Gasteiger partial charge in [0.15, 0.2) is 10.1 Å². The van der Waals surface area contributed by atoms with Crippen LogP contribution in [0.1, 0.15) is 19.8 Å². The Labute approximate surface area is 105 Å². The molecule has 0 unspecified atom stereocenters. The first-order chi connectivity index (χ1) is 7.75. The summed E-state index contributed by atoms with van der Waals surface area (Å²) in [6.07, 6.45) is -1.81. The van der Waals surface area contributed by atoms with Crippen molar-refractivity contribution in [1.82, 2.24) is 0 Å². The quantitative estimate of drug-likeness (QED) is 0.442. The van der Waals surface area contributed by atoms with Gasteiger partial charge in [-0.25, -0.2) is 17.2 Å². The van der Waals surface area contributed by atoms with Gasteiger partial charge in [0.2, 0.25) is 0 Å². The van der Waals surface area contributed by atoms with Crippen molar-refractivity contribution < 1.29 is 35.0 Å². The normalized spacial score (nSPS) is 13.2.